The van der Waals surface area contributed by atoms with Gasteiger partial charge in [0.25, 0.3) is 0 Å². The van der Waals surface area contributed by atoms with Crippen LogP contribution >= 0.6 is 0 Å². The number of ether oxygens (including phenoxy) is 1. The second kappa shape index (κ2) is 3.55. The van der Waals surface area contributed by atoms with Crippen LogP contribution in [0.2, 0.25) is 0 Å². The molecule has 0 aliphatic rings. The molecule has 0 aliphatic carbocycles. The fourth-order valence-corrected chi connectivity index (χ4v) is 0.316. The molecule has 0 saturated carbocycles. The Kier molecular flexibility index (Phi) is 3.35. The molecule has 1 unspecified atom stereocenters. The van der Waals surface area contributed by atoms with E-state index in [0.717, 1.165) is 0 Å². The lowest BCUT2D eigenvalue weighted by Gasteiger charge is -2.01. The van der Waals surface area contributed by atoms with Crippen LogP contribution < -0.4 is 0 Å². The van der Waals surface area contributed by atoms with E-state index in [0.29, 0.717) is 6.61 Å². The van der Waals surface area contributed by atoms with Gasteiger partial charge in [0.2, 0.25) is 0 Å². The minimum Gasteiger partial charge on any atom is -0.368 e. The van der Waals surface area contributed by atoms with Crippen molar-refractivity contribution >= 4 is 6.04 Å². The maximum Gasteiger partial charge on any atom is 0.329 e. The highest BCUT2D eigenvalue weighted by Crippen LogP contribution is 1.91. The smallest absolute Gasteiger partial charge is 0.329 e. The highest BCUT2D eigenvalue weighted by atomic mass is 19.1. The maximum absolute atomic E-state index is 11.5. The summed E-state index contributed by atoms with van der Waals surface area (Å²) in [5.41, 5.74) is 0. The molecule has 8 heavy (non-hydrogen) atoms. The fourth-order valence-electron chi connectivity index (χ4n) is 0.316. The van der Waals surface area contributed by atoms with E-state index in [-0.39, 0.29) is 0 Å². The van der Waals surface area contributed by atoms with Crippen LogP contribution in [0.5, 0.6) is 0 Å². The second-order valence-electron chi connectivity index (χ2n) is 1.40. The van der Waals surface area contributed by atoms with Crippen LogP contribution in [0.4, 0.5) is 4.39 Å². The van der Waals surface area contributed by atoms with Gasteiger partial charge in [0, 0.05) is 6.61 Å². The zero-order valence-corrected chi connectivity index (χ0v) is 4.98. The van der Waals surface area contributed by atoms with Gasteiger partial charge in [0.15, 0.2) is 0 Å². The van der Waals surface area contributed by atoms with Crippen molar-refractivity contribution in [1.29, 1.82) is 0 Å². The first-order valence-corrected chi connectivity index (χ1v) is 2.49. The minimum atomic E-state index is -1.41. The number of hydrogen-bond donors (Lipinski definition) is 0. The van der Waals surface area contributed by atoms with Gasteiger partial charge in [-0.25, -0.2) is 0 Å². The van der Waals surface area contributed by atoms with Gasteiger partial charge in [-0.05, 0) is 13.8 Å². The summed E-state index contributed by atoms with van der Waals surface area (Å²) >= 11 is 0. The van der Waals surface area contributed by atoms with Crippen LogP contribution in [-0.2, 0) is 9.53 Å². The van der Waals surface area contributed by atoms with E-state index in [4.69, 9.17) is 0 Å². The van der Waals surface area contributed by atoms with Gasteiger partial charge in [0.05, 0.1) is 0 Å². The van der Waals surface area contributed by atoms with Gasteiger partial charge in [-0.1, -0.05) is 0 Å². The lowest BCUT2D eigenvalue weighted by atomic mass is 10.4. The molecule has 48 valence electrons. The molecule has 0 amide bonds. The first-order chi connectivity index (χ1) is 3.68. The van der Waals surface area contributed by atoms with E-state index >= 15 is 0 Å². The van der Waals surface area contributed by atoms with Crippen molar-refractivity contribution in [2.45, 2.75) is 20.0 Å². The predicted octanol–water partition coefficient (Wildman–Crippen LogP) is 0.908. The number of carbonyl (C=O) groups is 1. The average Bonchev–Trinajstić information content (AvgIpc) is 1.67. The van der Waals surface area contributed by atoms with Crippen LogP contribution in [0.25, 0.3) is 0 Å². The molecule has 0 bridgehead atoms. The average molecular weight is 120 g/mol. The molecule has 0 spiro atoms. The van der Waals surface area contributed by atoms with Crippen LogP contribution in [0, 0.1) is 0 Å². The summed E-state index contributed by atoms with van der Waals surface area (Å²) in [7, 11) is 0. The second-order valence-corrected chi connectivity index (χ2v) is 1.40. The molecule has 3 heteroatoms. The molecule has 0 rings (SSSR count). The summed E-state index contributed by atoms with van der Waals surface area (Å²) in [6, 6.07) is -1.41. The number of halogens is 1. The molecule has 0 N–H and O–H groups in total. The summed E-state index contributed by atoms with van der Waals surface area (Å²) in [6.07, 6.45) is -0.889. The molecule has 0 radical (unpaired) electrons. The van der Waals surface area contributed by atoms with E-state index < -0.39 is 12.1 Å². The lowest BCUT2D eigenvalue weighted by molar-refractivity contribution is -0.140. The van der Waals surface area contributed by atoms with Gasteiger partial charge < -0.3 is 4.74 Å². The van der Waals surface area contributed by atoms with Crippen molar-refractivity contribution in [1.82, 2.24) is 0 Å². The van der Waals surface area contributed by atoms with Crippen molar-refractivity contribution in [3.05, 3.63) is 0 Å². The highest BCUT2D eigenvalue weighted by molar-refractivity contribution is 5.72. The third-order valence-corrected chi connectivity index (χ3v) is 0.736. The Labute approximate surface area is 47.6 Å². The van der Waals surface area contributed by atoms with Gasteiger partial charge >= 0.3 is 6.04 Å². The van der Waals surface area contributed by atoms with Crippen LogP contribution in [-0.4, -0.2) is 18.7 Å². The summed E-state index contributed by atoms with van der Waals surface area (Å²) < 4.78 is 16.1. The Morgan fingerprint density at radius 2 is 2.38 bits per heavy atom. The Balaban J connectivity index is 3.32. The van der Waals surface area contributed by atoms with Gasteiger partial charge in [-0.3, -0.25) is 4.79 Å². The zero-order valence-electron chi connectivity index (χ0n) is 4.98. The Morgan fingerprint density at radius 1 is 1.88 bits per heavy atom. The minimum absolute atomic E-state index is 0.372. The predicted molar refractivity (Wildman–Crippen MR) is 27.2 cm³/mol. The fraction of sp³-hybridized carbons (Fsp3) is 0.800. The third kappa shape index (κ3) is 2.69. The van der Waals surface area contributed by atoms with E-state index in [1.165, 1.54) is 6.92 Å². The Hall–Kier alpha value is -0.440. The monoisotopic (exact) mass is 120 g/mol. The van der Waals surface area contributed by atoms with E-state index in [9.17, 15) is 9.18 Å². The van der Waals surface area contributed by atoms with E-state index in [1.54, 1.807) is 6.92 Å². The molecule has 0 fully saturated rings. The highest BCUT2D eigenvalue weighted by Gasteiger charge is 2.09. The molecule has 2 nitrogen and oxygen atoms in total. The van der Waals surface area contributed by atoms with E-state index in [2.05, 4.69) is 4.74 Å². The normalized spacial score (nSPS) is 13.4. The molecule has 0 aromatic heterocycles. The van der Waals surface area contributed by atoms with Crippen molar-refractivity contribution in [3.63, 3.8) is 0 Å². The topological polar surface area (TPSA) is 26.3 Å². The van der Waals surface area contributed by atoms with Gasteiger partial charge in [-0.2, -0.15) is 4.39 Å². The van der Waals surface area contributed by atoms with Crippen molar-refractivity contribution < 1.29 is 13.9 Å². The van der Waals surface area contributed by atoms with Gasteiger partial charge in [-0.15, -0.1) is 0 Å². The maximum atomic E-state index is 11.5. The zero-order chi connectivity index (χ0) is 6.57. The molecule has 0 aromatic rings. The van der Waals surface area contributed by atoms with Crippen LogP contribution in [0.1, 0.15) is 13.8 Å². The van der Waals surface area contributed by atoms with Crippen molar-refractivity contribution in [3.8, 4) is 0 Å². The molecule has 0 heterocycles. The summed E-state index contributed by atoms with van der Waals surface area (Å²) in [4.78, 5) is 9.74. The summed E-state index contributed by atoms with van der Waals surface area (Å²) in [5.74, 6) is 0. The number of hydrogen-bond acceptors (Lipinski definition) is 2. The lowest BCUT2D eigenvalue weighted by Crippen LogP contribution is -2.15. The third-order valence-electron chi connectivity index (χ3n) is 0.736. The van der Waals surface area contributed by atoms with E-state index in [1.807, 2.05) is 0 Å². The largest absolute Gasteiger partial charge is 0.368 e. The van der Waals surface area contributed by atoms with Crippen molar-refractivity contribution in [2.75, 3.05) is 6.61 Å². The molecular weight excluding hydrogens is 111 g/mol. The molecule has 1 atom stereocenters. The van der Waals surface area contributed by atoms with Crippen molar-refractivity contribution in [2.24, 2.45) is 0 Å². The summed E-state index contributed by atoms with van der Waals surface area (Å²) in [6.45, 7) is 3.46. The quantitative estimate of drug-likeness (QED) is 0.517. The molecule has 0 aromatic carbocycles. The SMILES string of the molecule is CCOC(C)C(=O)F. The molecule has 0 saturated heterocycles. The number of carbonyl (C=O) groups excluding carboxylic acids is 1. The Morgan fingerprint density at radius 3 is 2.50 bits per heavy atom. The summed E-state index contributed by atoms with van der Waals surface area (Å²) in [5, 5.41) is 0. The molecular formula is C5H9FO2. The van der Waals surface area contributed by atoms with Crippen LogP contribution in [0.3, 0.4) is 0 Å². The first kappa shape index (κ1) is 7.56. The molecule has 0 aliphatic heterocycles. The standard InChI is InChI=1S/C5H9FO2/c1-3-8-4(2)5(6)7/h4H,3H2,1-2H3. The first-order valence-electron chi connectivity index (χ1n) is 2.49. The van der Waals surface area contributed by atoms with Gasteiger partial charge in [0.1, 0.15) is 6.10 Å². The number of rotatable bonds is 3. The Bertz CT molecular complexity index is 82.5. The van der Waals surface area contributed by atoms with Crippen LogP contribution in [0.15, 0.2) is 0 Å².